The van der Waals surface area contributed by atoms with Gasteiger partial charge in [-0.1, -0.05) is 44.1 Å². The van der Waals surface area contributed by atoms with Crippen molar-refractivity contribution >= 4 is 0 Å². The lowest BCUT2D eigenvalue weighted by Crippen LogP contribution is -2.63. The number of hydrogen-bond acceptors (Lipinski definition) is 19. The minimum absolute atomic E-state index is 0.00352. The first-order valence-electron chi connectivity index (χ1n) is 23.1. The fourth-order valence-corrected chi connectivity index (χ4v) is 12.9. The van der Waals surface area contributed by atoms with Crippen LogP contribution in [0.3, 0.4) is 0 Å². The highest BCUT2D eigenvalue weighted by Crippen LogP contribution is 2.68. The lowest BCUT2D eigenvalue weighted by molar-refractivity contribution is -0.342. The number of rotatable bonds is 13. The highest BCUT2D eigenvalue weighted by atomic mass is 16.7. The van der Waals surface area contributed by atoms with Gasteiger partial charge in [0.2, 0.25) is 0 Å². The SMILES string of the molecule is CC(C)=CC[C@H](O)[C@@H](C)[C@H]1[C@@H](O[C@@H]2O[C@H](CO)[C@@H](O)[C@H](O)[C@H]2O)C[C@H]2[C@@H]3CC=C4C[C@@H](O)C[C@@H](O[C@@H]5O[C@H](CO[C@@H]6O[C@H](CO)[C@H](O)[C@H](O)[C@H]6O)[C@@H](O)[C@H](O)[C@H]5O)[C@]4(C)[C@H]3CC[C@]12C. The van der Waals surface area contributed by atoms with Gasteiger partial charge in [0.05, 0.1) is 44.2 Å². The third-order valence-electron chi connectivity index (χ3n) is 16.6. The van der Waals surface area contributed by atoms with Crippen molar-refractivity contribution in [3.05, 3.63) is 23.3 Å². The van der Waals surface area contributed by atoms with E-state index in [0.717, 1.165) is 11.1 Å². The predicted molar refractivity (Wildman–Crippen MR) is 221 cm³/mol. The van der Waals surface area contributed by atoms with E-state index in [1.54, 1.807) is 0 Å². The topological polar surface area (TPSA) is 318 Å². The first-order valence-corrected chi connectivity index (χ1v) is 23.1. The van der Waals surface area contributed by atoms with E-state index in [2.05, 4.69) is 19.9 Å². The summed E-state index contributed by atoms with van der Waals surface area (Å²) < 4.78 is 36.3. The molecule has 3 saturated carbocycles. The summed E-state index contributed by atoms with van der Waals surface area (Å²) in [5, 5.41) is 139. The number of allylic oxidation sites excluding steroid dienone is 2. The van der Waals surface area contributed by atoms with Gasteiger partial charge in [0.15, 0.2) is 18.9 Å². The van der Waals surface area contributed by atoms with Gasteiger partial charge in [-0.25, -0.2) is 0 Å². The minimum Gasteiger partial charge on any atom is -0.394 e. The predicted octanol–water partition coefficient (Wildman–Crippen LogP) is -2.31. The van der Waals surface area contributed by atoms with Crippen LogP contribution in [0.1, 0.15) is 79.6 Å². The van der Waals surface area contributed by atoms with Gasteiger partial charge in [0.1, 0.15) is 73.2 Å². The molecule has 7 aliphatic rings. The molecule has 64 heavy (non-hydrogen) atoms. The second-order valence-corrected chi connectivity index (χ2v) is 20.5. The van der Waals surface area contributed by atoms with E-state index in [0.29, 0.717) is 38.5 Å². The third kappa shape index (κ3) is 9.16. The van der Waals surface area contributed by atoms with Gasteiger partial charge in [0, 0.05) is 11.8 Å². The average molecular weight is 919 g/mol. The molecule has 0 spiro atoms. The van der Waals surface area contributed by atoms with E-state index in [-0.39, 0.29) is 36.0 Å². The van der Waals surface area contributed by atoms with Gasteiger partial charge in [0.25, 0.3) is 0 Å². The lowest BCUT2D eigenvalue weighted by Gasteiger charge is -2.60. The van der Waals surface area contributed by atoms with Crippen LogP contribution in [0, 0.1) is 40.4 Å². The Bertz CT molecular complexity index is 1630. The van der Waals surface area contributed by atoms with Crippen molar-refractivity contribution in [3.8, 4) is 0 Å². The summed E-state index contributed by atoms with van der Waals surface area (Å²) in [7, 11) is 0. The zero-order chi connectivity index (χ0) is 46.7. The van der Waals surface area contributed by atoms with Crippen LogP contribution in [-0.2, 0) is 28.4 Å². The van der Waals surface area contributed by atoms with E-state index in [4.69, 9.17) is 28.4 Å². The first-order chi connectivity index (χ1) is 30.2. The Labute approximate surface area is 373 Å². The summed E-state index contributed by atoms with van der Waals surface area (Å²) in [5.74, 6) is -0.518. The smallest absolute Gasteiger partial charge is 0.187 e. The second kappa shape index (κ2) is 20.0. The van der Waals surface area contributed by atoms with Crippen LogP contribution in [0.4, 0.5) is 0 Å². The summed E-state index contributed by atoms with van der Waals surface area (Å²) in [6, 6.07) is 0. The van der Waals surface area contributed by atoms with E-state index in [9.17, 15) is 66.4 Å². The third-order valence-corrected chi connectivity index (χ3v) is 16.6. The Morgan fingerprint density at radius 2 is 1.28 bits per heavy atom. The van der Waals surface area contributed by atoms with Gasteiger partial charge in [-0.2, -0.15) is 0 Å². The Morgan fingerprint density at radius 3 is 1.88 bits per heavy atom. The maximum absolute atomic E-state index is 11.7. The van der Waals surface area contributed by atoms with Crippen molar-refractivity contribution in [1.82, 2.24) is 0 Å². The standard InChI is InChI=1S/C45H74O19/c1-18(2)6-9-25(49)19(3)31-26(60-42-39(57)36(54)33(51)28(16-47)62-42)14-24-22-8-7-20-12-21(48)13-30(45(20,5)23(22)10-11-44(24,31)4)64-43-40(58)37(55)34(52)29(63-43)17-59-41-38(56)35(53)32(50)27(15-46)61-41/h6-7,19,21-43,46-58H,8-17H2,1-5H3/t19-,21-,22-,23+,24+,25+,26+,27-,28-,29-,30-,31+,32+,33-,34-,35+,36+,37+,38-,39-,40-,41-,42-,43+,44+,45+/m1/s1. The Hall–Kier alpha value is -1.28. The van der Waals surface area contributed by atoms with Gasteiger partial charge >= 0.3 is 0 Å². The van der Waals surface area contributed by atoms with Gasteiger partial charge in [-0.15, -0.1) is 0 Å². The molecule has 7 rings (SSSR count). The first kappa shape index (κ1) is 50.6. The van der Waals surface area contributed by atoms with Crippen molar-refractivity contribution in [2.75, 3.05) is 19.8 Å². The summed E-state index contributed by atoms with van der Waals surface area (Å²) in [5.41, 5.74) is 0.950. The van der Waals surface area contributed by atoms with Crippen molar-refractivity contribution in [2.24, 2.45) is 40.4 Å². The Balaban J connectivity index is 1.13. The molecule has 0 aromatic rings. The number of hydrogen-bond donors (Lipinski definition) is 13. The Kier molecular flexibility index (Phi) is 15.8. The normalized spacial score (nSPS) is 51.6. The maximum Gasteiger partial charge on any atom is 0.187 e. The van der Waals surface area contributed by atoms with Gasteiger partial charge in [-0.05, 0) is 87.4 Å². The van der Waals surface area contributed by atoms with Crippen molar-refractivity contribution in [2.45, 2.75) is 196 Å². The quantitative estimate of drug-likeness (QED) is 0.0864. The van der Waals surface area contributed by atoms with E-state index in [1.165, 1.54) is 0 Å². The number of ether oxygens (including phenoxy) is 6. The molecule has 0 aromatic carbocycles. The fraction of sp³-hybridized carbons (Fsp3) is 0.911. The monoisotopic (exact) mass is 918 g/mol. The van der Waals surface area contributed by atoms with Crippen LogP contribution < -0.4 is 0 Å². The molecule has 0 unspecified atom stereocenters. The number of fused-ring (bicyclic) bond motifs is 5. The van der Waals surface area contributed by atoms with Crippen LogP contribution in [-0.4, -0.2) is 203 Å². The van der Waals surface area contributed by atoms with Crippen LogP contribution in [0.5, 0.6) is 0 Å². The molecule has 0 aromatic heterocycles. The summed E-state index contributed by atoms with van der Waals surface area (Å²) in [6.45, 7) is 8.45. The van der Waals surface area contributed by atoms with Crippen LogP contribution in [0.2, 0.25) is 0 Å². The summed E-state index contributed by atoms with van der Waals surface area (Å²) in [4.78, 5) is 0. The van der Waals surface area contributed by atoms with Crippen molar-refractivity contribution in [3.63, 3.8) is 0 Å². The molecule has 3 heterocycles. The minimum atomic E-state index is -1.77. The molecule has 3 aliphatic heterocycles. The second-order valence-electron chi connectivity index (χ2n) is 20.5. The van der Waals surface area contributed by atoms with E-state index in [1.807, 2.05) is 26.8 Å². The molecule has 19 heteroatoms. The number of aliphatic hydroxyl groups is 13. The van der Waals surface area contributed by atoms with E-state index >= 15 is 0 Å². The summed E-state index contributed by atoms with van der Waals surface area (Å²) in [6.07, 6.45) is -18.3. The average Bonchev–Trinajstić information content (AvgIpc) is 3.56. The van der Waals surface area contributed by atoms with Crippen LogP contribution in [0.25, 0.3) is 0 Å². The van der Waals surface area contributed by atoms with E-state index < -0.39 is 147 Å². The molecular weight excluding hydrogens is 844 g/mol. The lowest BCUT2D eigenvalue weighted by atomic mass is 9.46. The van der Waals surface area contributed by atoms with Crippen molar-refractivity contribution < 1.29 is 94.8 Å². The molecule has 0 amide bonds. The fourth-order valence-electron chi connectivity index (χ4n) is 12.9. The highest BCUT2D eigenvalue weighted by molar-refractivity contribution is 5.28. The molecule has 19 nitrogen and oxygen atoms in total. The molecule has 0 bridgehead atoms. The zero-order valence-corrected chi connectivity index (χ0v) is 37.3. The van der Waals surface area contributed by atoms with Crippen LogP contribution in [0.15, 0.2) is 23.3 Å². The number of aliphatic hydroxyl groups excluding tert-OH is 13. The summed E-state index contributed by atoms with van der Waals surface area (Å²) >= 11 is 0. The molecule has 0 radical (unpaired) electrons. The van der Waals surface area contributed by atoms with Gasteiger partial charge in [-0.3, -0.25) is 0 Å². The largest absolute Gasteiger partial charge is 0.394 e. The highest BCUT2D eigenvalue weighted by Gasteiger charge is 2.65. The van der Waals surface area contributed by atoms with Crippen molar-refractivity contribution in [1.29, 1.82) is 0 Å². The maximum atomic E-state index is 11.7. The molecule has 6 fully saturated rings. The molecule has 13 N–H and O–H groups in total. The van der Waals surface area contributed by atoms with Crippen LogP contribution >= 0.6 is 0 Å². The molecule has 26 atom stereocenters. The Morgan fingerprint density at radius 1 is 0.734 bits per heavy atom. The van der Waals surface area contributed by atoms with Gasteiger partial charge < -0.3 is 94.8 Å². The molecule has 368 valence electrons. The molecule has 3 saturated heterocycles. The molecule has 4 aliphatic carbocycles. The molecular formula is C45H74O19. The zero-order valence-electron chi connectivity index (χ0n) is 37.3.